The third-order valence-corrected chi connectivity index (χ3v) is 8.31. The number of aliphatic hydroxyl groups is 1. The van der Waals surface area contributed by atoms with E-state index in [2.05, 4.69) is 17.6 Å². The molecule has 8 heteroatoms. The zero-order valence-electron chi connectivity index (χ0n) is 21.3. The Balaban J connectivity index is 1.67. The maximum Gasteiger partial charge on any atom is 0.246 e. The van der Waals surface area contributed by atoms with Gasteiger partial charge in [0.2, 0.25) is 17.7 Å². The lowest BCUT2D eigenvalue weighted by molar-refractivity contribution is -0.150. The summed E-state index contributed by atoms with van der Waals surface area (Å²) >= 11 is 0. The quantitative estimate of drug-likeness (QED) is 0.471. The van der Waals surface area contributed by atoms with Crippen molar-refractivity contribution in [1.82, 2.24) is 15.5 Å². The number of amides is 3. The van der Waals surface area contributed by atoms with Gasteiger partial charge in [-0.3, -0.25) is 14.4 Å². The lowest BCUT2D eigenvalue weighted by Crippen LogP contribution is -2.58. The third kappa shape index (κ3) is 4.14. The van der Waals surface area contributed by atoms with Crippen LogP contribution in [0.4, 0.5) is 0 Å². The Morgan fingerprint density at radius 2 is 1.89 bits per heavy atom. The molecule has 4 rings (SSSR count). The number of likely N-dealkylation sites (tertiary alicyclic amines) is 1. The van der Waals surface area contributed by atoms with Crippen molar-refractivity contribution in [2.24, 2.45) is 11.8 Å². The van der Waals surface area contributed by atoms with Gasteiger partial charge < -0.3 is 25.4 Å². The molecule has 1 spiro atoms. The number of rotatable bonds is 10. The molecule has 192 valence electrons. The third-order valence-electron chi connectivity index (χ3n) is 8.31. The molecule has 3 N–H and O–H groups in total. The Morgan fingerprint density at radius 3 is 2.51 bits per heavy atom. The number of benzene rings is 1. The summed E-state index contributed by atoms with van der Waals surface area (Å²) in [5.41, 5.74) is -0.870. The van der Waals surface area contributed by atoms with Crippen molar-refractivity contribution in [2.45, 2.75) is 95.7 Å². The lowest BCUT2D eigenvalue weighted by atomic mass is 9.65. The van der Waals surface area contributed by atoms with Crippen molar-refractivity contribution in [3.05, 3.63) is 35.9 Å². The number of carbonyl (C=O) groups is 3. The van der Waals surface area contributed by atoms with Gasteiger partial charge in [-0.25, -0.2) is 0 Å². The van der Waals surface area contributed by atoms with E-state index in [0.717, 1.165) is 18.4 Å². The topological polar surface area (TPSA) is 108 Å². The van der Waals surface area contributed by atoms with Gasteiger partial charge in [-0.05, 0) is 45.1 Å². The number of ether oxygens (including phenoxy) is 1. The van der Waals surface area contributed by atoms with Crippen molar-refractivity contribution in [3.63, 3.8) is 0 Å². The number of fused-ring (bicyclic) bond motifs is 1. The molecule has 2 bridgehead atoms. The van der Waals surface area contributed by atoms with Crippen LogP contribution in [0.15, 0.2) is 30.3 Å². The molecule has 35 heavy (non-hydrogen) atoms. The average Bonchev–Trinajstić information content (AvgIpc) is 3.46. The Morgan fingerprint density at radius 1 is 1.17 bits per heavy atom. The highest BCUT2D eigenvalue weighted by Crippen LogP contribution is 2.64. The molecular formula is C27H39N3O5. The minimum absolute atomic E-state index is 0.0481. The van der Waals surface area contributed by atoms with Crippen LogP contribution >= 0.6 is 0 Å². The molecule has 7 atom stereocenters. The summed E-state index contributed by atoms with van der Waals surface area (Å²) in [5.74, 6) is -2.19. The fourth-order valence-electron chi connectivity index (χ4n) is 6.64. The Labute approximate surface area is 207 Å². The van der Waals surface area contributed by atoms with E-state index in [0.29, 0.717) is 25.8 Å². The van der Waals surface area contributed by atoms with Crippen molar-refractivity contribution in [1.29, 1.82) is 0 Å². The summed E-state index contributed by atoms with van der Waals surface area (Å²) in [6, 6.07) is 8.16. The molecule has 3 unspecified atom stereocenters. The summed E-state index contributed by atoms with van der Waals surface area (Å²) in [6.45, 7) is 7.81. The van der Waals surface area contributed by atoms with Crippen molar-refractivity contribution in [2.75, 3.05) is 6.61 Å². The number of aliphatic hydroxyl groups excluding tert-OH is 1. The second kappa shape index (κ2) is 9.90. The van der Waals surface area contributed by atoms with Gasteiger partial charge >= 0.3 is 0 Å². The summed E-state index contributed by atoms with van der Waals surface area (Å²) in [7, 11) is 0. The van der Waals surface area contributed by atoms with Crippen LogP contribution < -0.4 is 10.6 Å². The zero-order chi connectivity index (χ0) is 25.4. The normalized spacial score (nSPS) is 32.9. The largest absolute Gasteiger partial charge is 0.394 e. The number of hydrogen-bond donors (Lipinski definition) is 3. The first-order valence-corrected chi connectivity index (χ1v) is 13.0. The monoisotopic (exact) mass is 485 g/mol. The molecule has 1 aromatic carbocycles. The van der Waals surface area contributed by atoms with E-state index >= 15 is 0 Å². The van der Waals surface area contributed by atoms with Crippen LogP contribution in [0.25, 0.3) is 0 Å². The molecule has 3 aliphatic rings. The first-order chi connectivity index (χ1) is 16.7. The molecule has 0 aliphatic carbocycles. The predicted octanol–water partition coefficient (Wildman–Crippen LogP) is 2.14. The first kappa shape index (κ1) is 25.6. The SMILES string of the molecule is CCCC(C)NC(=O)C1N([C@H](C)CO)C(=O)[C@@H]2[C@@H](C(=O)NCc3ccccc3)[C@@]3(CC)CCC12O3. The first-order valence-electron chi connectivity index (χ1n) is 13.0. The molecular weight excluding hydrogens is 446 g/mol. The Kier molecular flexibility index (Phi) is 7.25. The molecule has 3 fully saturated rings. The highest BCUT2D eigenvalue weighted by Gasteiger charge is 2.78. The molecule has 0 saturated carbocycles. The summed E-state index contributed by atoms with van der Waals surface area (Å²) < 4.78 is 6.71. The number of hydrogen-bond acceptors (Lipinski definition) is 5. The van der Waals surface area contributed by atoms with Crippen LogP contribution in [0.5, 0.6) is 0 Å². The number of nitrogens with one attached hydrogen (secondary N) is 2. The van der Waals surface area contributed by atoms with E-state index in [1.807, 2.05) is 44.2 Å². The zero-order valence-corrected chi connectivity index (χ0v) is 21.3. The minimum atomic E-state index is -1.07. The fraction of sp³-hybridized carbons (Fsp3) is 0.667. The van der Waals surface area contributed by atoms with E-state index in [9.17, 15) is 19.5 Å². The van der Waals surface area contributed by atoms with Gasteiger partial charge in [-0.1, -0.05) is 50.6 Å². The van der Waals surface area contributed by atoms with Crippen LogP contribution in [-0.4, -0.2) is 63.7 Å². The van der Waals surface area contributed by atoms with Gasteiger partial charge in [0.15, 0.2) is 0 Å². The van der Waals surface area contributed by atoms with Crippen LogP contribution in [0.2, 0.25) is 0 Å². The van der Waals surface area contributed by atoms with Crippen LogP contribution in [-0.2, 0) is 25.7 Å². The predicted molar refractivity (Wildman–Crippen MR) is 131 cm³/mol. The number of carbonyl (C=O) groups excluding carboxylic acids is 3. The minimum Gasteiger partial charge on any atom is -0.394 e. The van der Waals surface area contributed by atoms with Crippen LogP contribution in [0.1, 0.15) is 65.4 Å². The lowest BCUT2D eigenvalue weighted by Gasteiger charge is -2.36. The molecule has 8 nitrogen and oxygen atoms in total. The Hall–Kier alpha value is -2.45. The Bertz CT molecular complexity index is 955. The summed E-state index contributed by atoms with van der Waals surface area (Å²) in [6.07, 6.45) is 3.48. The van der Waals surface area contributed by atoms with Gasteiger partial charge in [0, 0.05) is 12.6 Å². The fourth-order valence-corrected chi connectivity index (χ4v) is 6.64. The second-order valence-corrected chi connectivity index (χ2v) is 10.5. The van der Waals surface area contributed by atoms with Gasteiger partial charge in [0.05, 0.1) is 30.1 Å². The average molecular weight is 486 g/mol. The molecule has 3 saturated heterocycles. The maximum atomic E-state index is 13.9. The number of nitrogens with zero attached hydrogens (tertiary/aromatic N) is 1. The maximum absolute atomic E-state index is 13.9. The van der Waals surface area contributed by atoms with Gasteiger partial charge in [-0.15, -0.1) is 0 Å². The highest BCUT2D eigenvalue weighted by molar-refractivity contribution is 5.99. The van der Waals surface area contributed by atoms with Gasteiger partial charge in [0.25, 0.3) is 0 Å². The summed E-state index contributed by atoms with van der Waals surface area (Å²) in [4.78, 5) is 42.7. The van der Waals surface area contributed by atoms with Crippen LogP contribution in [0.3, 0.4) is 0 Å². The van der Waals surface area contributed by atoms with E-state index in [4.69, 9.17) is 4.74 Å². The van der Waals surface area contributed by atoms with Gasteiger partial charge in [0.1, 0.15) is 11.6 Å². The molecule has 0 aromatic heterocycles. The second-order valence-electron chi connectivity index (χ2n) is 10.5. The van der Waals surface area contributed by atoms with Crippen LogP contribution in [0, 0.1) is 11.8 Å². The molecule has 3 aliphatic heterocycles. The molecule has 1 aromatic rings. The highest BCUT2D eigenvalue weighted by atomic mass is 16.5. The molecule has 3 heterocycles. The molecule has 3 amide bonds. The van der Waals surface area contributed by atoms with E-state index < -0.39 is 35.1 Å². The summed E-state index contributed by atoms with van der Waals surface area (Å²) in [5, 5.41) is 16.0. The smallest absolute Gasteiger partial charge is 0.246 e. The standard InChI is InChI=1S/C27H39N3O5/c1-5-10-17(3)29-24(33)22-27-14-13-26(6-2,35-27)20(21(27)25(34)30(22)18(4)16-31)23(32)28-15-19-11-8-7-9-12-19/h7-9,11-12,17-18,20-22,31H,5-6,10,13-16H2,1-4H3,(H,28,32)(H,29,33)/t17?,18-,20+,21+,22?,26-,27?/m1/s1. The van der Waals surface area contributed by atoms with Gasteiger partial charge in [-0.2, -0.15) is 0 Å². The molecule has 0 radical (unpaired) electrons. The van der Waals surface area contributed by atoms with Crippen molar-refractivity contribution < 1.29 is 24.2 Å². The van der Waals surface area contributed by atoms with Crippen molar-refractivity contribution in [3.8, 4) is 0 Å². The van der Waals surface area contributed by atoms with Crippen molar-refractivity contribution >= 4 is 17.7 Å². The van der Waals surface area contributed by atoms with E-state index in [-0.39, 0.29) is 30.4 Å². The van der Waals surface area contributed by atoms with E-state index in [1.54, 1.807) is 6.92 Å². The van der Waals surface area contributed by atoms with E-state index in [1.165, 1.54) is 4.90 Å².